The first-order valence-electron chi connectivity index (χ1n) is 28.9. The van der Waals surface area contributed by atoms with Crippen molar-refractivity contribution in [1.82, 2.24) is 0 Å². The Morgan fingerprint density at radius 2 is 0.373 bits per heavy atom. The summed E-state index contributed by atoms with van der Waals surface area (Å²) in [5.41, 5.74) is 6.65. The van der Waals surface area contributed by atoms with E-state index in [9.17, 15) is 0 Å². The minimum absolute atomic E-state index is 0. The first-order valence-corrected chi connectivity index (χ1v) is 32.6. The van der Waals surface area contributed by atoms with E-state index in [0.717, 1.165) is 111 Å². The van der Waals surface area contributed by atoms with Crippen LogP contribution in [0.25, 0.3) is 21.3 Å². The fraction of sp³-hybridized carbons (Fsp3) is 0.135. The van der Waals surface area contributed by atoms with Gasteiger partial charge in [0.2, 0.25) is 0 Å². The van der Waals surface area contributed by atoms with E-state index in [0.29, 0.717) is 0 Å². The Morgan fingerprint density at radius 3 is 0.490 bits per heavy atom. The molecule has 16 nitrogen and oxygen atoms in total. The molecular formula is C74H72Cl4Mo4N8O8S4. The fourth-order valence-electron chi connectivity index (χ4n) is 6.90. The normalized spacial score (nSPS) is 9.53. The summed E-state index contributed by atoms with van der Waals surface area (Å²) in [5.74, 6) is 6.49. The number of rotatable bonds is 20. The van der Waals surface area contributed by atoms with Crippen molar-refractivity contribution in [2.45, 2.75) is 19.6 Å². The van der Waals surface area contributed by atoms with Crippen LogP contribution in [0.15, 0.2) is 282 Å². The zero-order valence-corrected chi connectivity index (χ0v) is 70.8. The van der Waals surface area contributed by atoms with Gasteiger partial charge in [-0.05, 0) is 143 Å². The minimum atomic E-state index is 0. The molecule has 10 rings (SSSR count). The van der Waals surface area contributed by atoms with Crippen LogP contribution in [0.2, 0.25) is 0 Å². The van der Waals surface area contributed by atoms with Crippen LogP contribution in [0.1, 0.15) is 0 Å². The topological polar surface area (TPSA) is 180 Å². The molecule has 0 radical (unpaired) electrons. The average Bonchev–Trinajstić information content (AvgIpc) is 0.935. The van der Waals surface area contributed by atoms with Crippen LogP contribution < -0.4 is 37.9 Å². The Balaban J connectivity index is 0. The van der Waals surface area contributed by atoms with E-state index < -0.39 is 0 Å². The van der Waals surface area contributed by atoms with Gasteiger partial charge in [0.05, 0.1) is 67.6 Å². The van der Waals surface area contributed by atoms with Gasteiger partial charge >= 0.3 is 84.3 Å². The number of hydrogen-bond acceptors (Lipinski definition) is 16. The molecule has 28 heteroatoms. The van der Waals surface area contributed by atoms with Crippen molar-refractivity contribution in [3.63, 3.8) is 0 Å². The van der Waals surface area contributed by atoms with E-state index in [2.05, 4.69) is 41.2 Å². The molecule has 532 valence electrons. The van der Waals surface area contributed by atoms with E-state index in [-0.39, 0.29) is 94.9 Å². The maximum absolute atomic E-state index is 5.08. The summed E-state index contributed by atoms with van der Waals surface area (Å²) in [6, 6.07) is 74.6. The van der Waals surface area contributed by atoms with Crippen molar-refractivity contribution in [1.29, 1.82) is 0 Å². The van der Waals surface area contributed by atoms with Gasteiger partial charge in [-0.1, -0.05) is 171 Å². The molecule has 102 heavy (non-hydrogen) atoms. The monoisotopic (exact) mass is 1860 g/mol. The summed E-state index contributed by atoms with van der Waals surface area (Å²) in [6.07, 6.45) is 6.13. The maximum atomic E-state index is 5.08. The molecule has 0 spiro atoms. The second kappa shape index (κ2) is 61.7. The summed E-state index contributed by atoms with van der Waals surface area (Å²) in [4.78, 5) is 20.0. The van der Waals surface area contributed by atoms with Crippen LogP contribution in [0.5, 0.6) is 46.0 Å². The van der Waals surface area contributed by atoms with Crippen molar-refractivity contribution in [3.05, 3.63) is 264 Å². The molecule has 0 saturated carbocycles. The number of hydrogen-bond donors (Lipinski definition) is 0. The van der Waals surface area contributed by atoms with Crippen LogP contribution in [0.4, 0.5) is 45.5 Å². The van der Waals surface area contributed by atoms with Gasteiger partial charge in [-0.2, -0.15) is 19.6 Å². The molecule has 0 N–H and O–H groups in total. The average molecular weight is 1860 g/mol. The van der Waals surface area contributed by atoms with E-state index in [1.807, 2.05) is 243 Å². The summed E-state index contributed by atoms with van der Waals surface area (Å²) in [5, 5.41) is 17.4. The van der Waals surface area contributed by atoms with Crippen LogP contribution in [-0.4, -0.2) is 92.9 Å². The molecule has 0 aliphatic rings. The van der Waals surface area contributed by atoms with Gasteiger partial charge in [-0.3, -0.25) is 0 Å². The van der Waals surface area contributed by atoms with E-state index in [1.54, 1.807) is 56.9 Å². The zero-order chi connectivity index (χ0) is 71.4. The molecule has 0 amide bonds. The van der Waals surface area contributed by atoms with Crippen molar-refractivity contribution in [2.75, 3.05) is 67.6 Å². The molecule has 10 aromatic carbocycles. The fourth-order valence-corrected chi connectivity index (χ4v) is 7.48. The van der Waals surface area contributed by atoms with Gasteiger partial charge in [0, 0.05) is 0 Å². The zero-order valence-electron chi connectivity index (χ0n) is 56.4. The number of halogens is 4. The standard InChI is InChI=1S/4C15H15N2O2.2C6H6S2.2CH2Cl2.4Mo/c4*1-18-14-7-3-12(4-8-14)16-11-17-13-5-9-15(19-2)10-6-13;2*7-5-3-1-2-4-6(5)8;2*2-1-3;;;;/h4*3-11H,1-2H3;2*1-4,7-8H;2*1H2;;;;/q4*-1;;;;;4*+2/p-4. The Bertz CT molecular complexity index is 3350. The number of nitrogens with zero attached hydrogens (tertiary/aromatic N) is 8. The van der Waals surface area contributed by atoms with Crippen molar-refractivity contribution >= 4 is 168 Å². The molecule has 0 saturated heterocycles. The van der Waals surface area contributed by atoms with Crippen LogP contribution in [-0.2, 0) is 135 Å². The molecule has 0 bridgehead atoms. The number of alkyl halides is 4. The number of methoxy groups -OCH3 is 8. The summed E-state index contributed by atoms with van der Waals surface area (Å²) >= 11 is 38.5. The van der Waals surface area contributed by atoms with Gasteiger partial charge in [0.25, 0.3) is 0 Å². The molecule has 10 aromatic rings. The van der Waals surface area contributed by atoms with E-state index in [1.165, 1.54) is 25.4 Å². The van der Waals surface area contributed by atoms with Crippen molar-refractivity contribution < 1.29 is 122 Å². The molecule has 0 aliphatic carbocycles. The second-order valence-electron chi connectivity index (χ2n) is 18.2. The largest absolute Gasteiger partial charge is 2.00 e. The first kappa shape index (κ1) is 97.3. The Morgan fingerprint density at radius 1 is 0.245 bits per heavy atom. The quantitative estimate of drug-likeness (QED) is 0.0232. The third-order valence-corrected chi connectivity index (χ3v) is 13.6. The SMILES string of the molecule is COc1ccc(N=C[N-]c2ccc(OC)cc2)cc1.COc1ccc(N=C[N-]c2ccc(OC)cc2)cc1.COc1ccc(N=C[N-]c2ccc(OC)cc2)cc1.COc1ccc(N=C[N-]c2ccc(OC)cc2)cc1.ClCCl.ClCCl.[Mo+2].[Mo+2].[Mo+2].[Mo+2].[S-]c1ccccc1[S-].[S-]c1ccccc1[S-]. The Kier molecular flexibility index (Phi) is 58.9. The smallest absolute Gasteiger partial charge is 0.781 e. The Hall–Kier alpha value is -6.73. The molecule has 0 aliphatic heterocycles. The van der Waals surface area contributed by atoms with Crippen LogP contribution >= 0.6 is 46.4 Å². The summed E-state index contributed by atoms with van der Waals surface area (Å²) in [6.45, 7) is 0. The van der Waals surface area contributed by atoms with E-state index in [4.69, 9.17) is 135 Å². The van der Waals surface area contributed by atoms with Gasteiger partial charge in [-0.15, -0.1) is 46.4 Å². The molecule has 0 fully saturated rings. The summed E-state index contributed by atoms with van der Waals surface area (Å²) < 4.78 is 40.6. The maximum Gasteiger partial charge on any atom is 2.00 e. The third kappa shape index (κ3) is 43.4. The number of benzene rings is 10. The number of aliphatic imine (C=N–C) groups is 4. The molecule has 0 unspecified atom stereocenters. The molecule has 0 aromatic heterocycles. The van der Waals surface area contributed by atoms with Crippen LogP contribution in [0.3, 0.4) is 0 Å². The van der Waals surface area contributed by atoms with Gasteiger partial charge in [0.15, 0.2) is 0 Å². The van der Waals surface area contributed by atoms with Gasteiger partial charge < -0.3 is 130 Å². The van der Waals surface area contributed by atoms with Crippen molar-refractivity contribution in [2.24, 2.45) is 20.0 Å². The molecule has 0 atom stereocenters. The second-order valence-corrected chi connectivity index (χ2v) is 21.5. The third-order valence-electron chi connectivity index (χ3n) is 11.9. The van der Waals surface area contributed by atoms with Gasteiger partial charge in [0.1, 0.15) is 46.0 Å². The Labute approximate surface area is 699 Å². The van der Waals surface area contributed by atoms with Gasteiger partial charge in [-0.25, -0.2) is 0 Å². The predicted molar refractivity (Wildman–Crippen MR) is 417 cm³/mol. The van der Waals surface area contributed by atoms with E-state index >= 15 is 0 Å². The van der Waals surface area contributed by atoms with Crippen LogP contribution in [0, 0.1) is 0 Å². The molecule has 0 heterocycles. The number of ether oxygens (including phenoxy) is 8. The first-order chi connectivity index (χ1) is 47.7. The van der Waals surface area contributed by atoms with Crippen molar-refractivity contribution in [3.8, 4) is 46.0 Å². The summed E-state index contributed by atoms with van der Waals surface area (Å²) in [7, 11) is 13.1. The minimum Gasteiger partial charge on any atom is -0.781 e. The predicted octanol–water partition coefficient (Wildman–Crippen LogP) is 22.1. The molecular weight excluding hydrogens is 1780 g/mol.